The highest BCUT2D eigenvalue weighted by molar-refractivity contribution is 5.88. The molecule has 4 atom stereocenters. The third-order valence-corrected chi connectivity index (χ3v) is 5.71. The Labute approximate surface area is 122 Å². The summed E-state index contributed by atoms with van der Waals surface area (Å²) in [4.78, 5) is 13.0. The molecule has 20 heavy (non-hydrogen) atoms. The second kappa shape index (κ2) is 5.71. The van der Waals surface area contributed by atoms with Crippen LogP contribution < -0.4 is 0 Å². The number of Topliss-reactive ketones (excluding diaryl/α,β-unsaturated/α-hetero) is 1. The van der Waals surface area contributed by atoms with Crippen molar-refractivity contribution in [2.24, 2.45) is 17.8 Å². The number of rotatable bonds is 2. The monoisotopic (exact) mass is 270 g/mol. The van der Waals surface area contributed by atoms with Gasteiger partial charge >= 0.3 is 0 Å². The fourth-order valence-corrected chi connectivity index (χ4v) is 4.14. The van der Waals surface area contributed by atoms with Gasteiger partial charge in [-0.2, -0.15) is 0 Å². The lowest BCUT2D eigenvalue weighted by molar-refractivity contribution is -0.126. The van der Waals surface area contributed by atoms with Crippen molar-refractivity contribution in [2.75, 3.05) is 0 Å². The molecular weight excluding hydrogens is 244 g/mol. The largest absolute Gasteiger partial charge is 0.299 e. The summed E-state index contributed by atoms with van der Waals surface area (Å²) in [5, 5.41) is 0. The minimum Gasteiger partial charge on any atom is -0.299 e. The van der Waals surface area contributed by atoms with Crippen LogP contribution in [0, 0.1) is 17.8 Å². The molecule has 4 unspecified atom stereocenters. The highest BCUT2D eigenvalue weighted by atomic mass is 16.1. The zero-order valence-corrected chi connectivity index (χ0v) is 12.8. The molecule has 1 heteroatoms. The maximum Gasteiger partial charge on any atom is 0.143 e. The number of aryl methyl sites for hydroxylation is 1. The van der Waals surface area contributed by atoms with Gasteiger partial charge in [0.05, 0.1) is 0 Å². The molecule has 0 heterocycles. The van der Waals surface area contributed by atoms with Gasteiger partial charge in [0.25, 0.3) is 0 Å². The van der Waals surface area contributed by atoms with Crippen molar-refractivity contribution in [1.82, 2.24) is 0 Å². The molecular formula is C19H26O. The zero-order chi connectivity index (χ0) is 14.1. The predicted molar refractivity (Wildman–Crippen MR) is 82.8 cm³/mol. The summed E-state index contributed by atoms with van der Waals surface area (Å²) in [7, 11) is 0. The summed E-state index contributed by atoms with van der Waals surface area (Å²) in [6.07, 6.45) is 6.84. The molecule has 3 rings (SSSR count). The Morgan fingerprint density at radius 3 is 2.65 bits per heavy atom. The molecule has 2 aliphatic rings. The molecule has 0 bridgehead atoms. The average molecular weight is 270 g/mol. The third kappa shape index (κ3) is 2.55. The third-order valence-electron chi connectivity index (χ3n) is 5.71. The number of benzene rings is 1. The first-order valence-electron chi connectivity index (χ1n) is 8.28. The molecule has 0 aromatic heterocycles. The summed E-state index contributed by atoms with van der Waals surface area (Å²) >= 11 is 0. The van der Waals surface area contributed by atoms with Crippen LogP contribution in [0.4, 0.5) is 0 Å². The smallest absolute Gasteiger partial charge is 0.143 e. The first-order chi connectivity index (χ1) is 9.66. The van der Waals surface area contributed by atoms with Gasteiger partial charge in [-0.3, -0.25) is 4.79 Å². The van der Waals surface area contributed by atoms with E-state index < -0.39 is 0 Å². The lowest BCUT2D eigenvalue weighted by Gasteiger charge is -2.34. The minimum atomic E-state index is 0.186. The van der Waals surface area contributed by atoms with Gasteiger partial charge in [-0.25, -0.2) is 0 Å². The number of hydrogen-bond acceptors (Lipinski definition) is 1. The number of ketones is 1. The molecule has 0 N–H and O–H groups in total. The van der Waals surface area contributed by atoms with Gasteiger partial charge in [0.2, 0.25) is 0 Å². The van der Waals surface area contributed by atoms with Crippen molar-refractivity contribution < 1.29 is 4.79 Å². The fraction of sp³-hybridized carbons (Fsp3) is 0.632. The second-order valence-electron chi connectivity index (χ2n) is 7.01. The van der Waals surface area contributed by atoms with Gasteiger partial charge in [0.1, 0.15) is 5.78 Å². The Morgan fingerprint density at radius 1 is 1.05 bits per heavy atom. The van der Waals surface area contributed by atoms with E-state index in [9.17, 15) is 4.79 Å². The Balaban J connectivity index is 1.78. The van der Waals surface area contributed by atoms with Crippen LogP contribution in [-0.4, -0.2) is 5.78 Å². The van der Waals surface area contributed by atoms with E-state index in [-0.39, 0.29) is 5.92 Å². The molecule has 1 nitrogen and oxygen atoms in total. The molecule has 1 aromatic carbocycles. The fourth-order valence-electron chi connectivity index (χ4n) is 4.14. The molecule has 0 saturated heterocycles. The molecule has 1 saturated carbocycles. The number of carbonyl (C=O) groups is 1. The van der Waals surface area contributed by atoms with Crippen molar-refractivity contribution in [3.8, 4) is 0 Å². The van der Waals surface area contributed by atoms with Crippen LogP contribution in [0.15, 0.2) is 24.3 Å². The summed E-state index contributed by atoms with van der Waals surface area (Å²) < 4.78 is 0. The van der Waals surface area contributed by atoms with Crippen LogP contribution >= 0.6 is 0 Å². The first-order valence-corrected chi connectivity index (χ1v) is 8.28. The second-order valence-corrected chi connectivity index (χ2v) is 7.01. The lowest BCUT2D eigenvalue weighted by Crippen LogP contribution is -2.31. The van der Waals surface area contributed by atoms with Crippen molar-refractivity contribution >= 4 is 5.78 Å². The van der Waals surface area contributed by atoms with Crippen LogP contribution in [0.5, 0.6) is 0 Å². The van der Waals surface area contributed by atoms with E-state index in [1.807, 2.05) is 0 Å². The van der Waals surface area contributed by atoms with E-state index in [4.69, 9.17) is 0 Å². The van der Waals surface area contributed by atoms with Gasteiger partial charge in [-0.05, 0) is 61.5 Å². The van der Waals surface area contributed by atoms with Crippen molar-refractivity contribution in [3.05, 3.63) is 35.4 Å². The topological polar surface area (TPSA) is 17.1 Å². The van der Waals surface area contributed by atoms with Gasteiger partial charge in [-0.1, -0.05) is 38.1 Å². The predicted octanol–water partition coefficient (Wildman–Crippen LogP) is 4.75. The number of carbonyl (C=O) groups excluding carboxylic acids is 1. The lowest BCUT2D eigenvalue weighted by atomic mass is 9.69. The van der Waals surface area contributed by atoms with Gasteiger partial charge in [0, 0.05) is 11.8 Å². The molecule has 2 aliphatic carbocycles. The van der Waals surface area contributed by atoms with E-state index in [1.165, 1.54) is 24.0 Å². The maximum absolute atomic E-state index is 13.0. The maximum atomic E-state index is 13.0. The van der Waals surface area contributed by atoms with Crippen molar-refractivity contribution in [3.63, 3.8) is 0 Å². The van der Waals surface area contributed by atoms with E-state index in [0.717, 1.165) is 31.6 Å². The molecule has 1 aromatic rings. The van der Waals surface area contributed by atoms with Crippen LogP contribution in [0.25, 0.3) is 0 Å². The van der Waals surface area contributed by atoms with Crippen LogP contribution in [0.2, 0.25) is 0 Å². The quantitative estimate of drug-likeness (QED) is 0.758. The first kappa shape index (κ1) is 13.9. The molecule has 1 fully saturated rings. The van der Waals surface area contributed by atoms with Crippen LogP contribution in [0.3, 0.4) is 0 Å². The highest BCUT2D eigenvalue weighted by Gasteiger charge is 2.35. The summed E-state index contributed by atoms with van der Waals surface area (Å²) in [6, 6.07) is 8.60. The van der Waals surface area contributed by atoms with E-state index in [2.05, 4.69) is 38.1 Å². The van der Waals surface area contributed by atoms with E-state index in [1.54, 1.807) is 0 Å². The Hall–Kier alpha value is -1.11. The Morgan fingerprint density at radius 2 is 1.85 bits per heavy atom. The summed E-state index contributed by atoms with van der Waals surface area (Å²) in [6.45, 7) is 4.65. The summed E-state index contributed by atoms with van der Waals surface area (Å²) in [5.41, 5.74) is 2.74. The SMILES string of the molecule is CC1CCC(C(=O)C2CCCc3ccccc32)CC1C. The normalized spacial score (nSPS) is 33.5. The molecule has 0 radical (unpaired) electrons. The zero-order valence-electron chi connectivity index (χ0n) is 12.8. The minimum absolute atomic E-state index is 0.186. The Kier molecular flexibility index (Phi) is 3.96. The van der Waals surface area contributed by atoms with Gasteiger partial charge in [-0.15, -0.1) is 0 Å². The Bertz CT molecular complexity index is 490. The van der Waals surface area contributed by atoms with E-state index in [0.29, 0.717) is 17.6 Å². The summed E-state index contributed by atoms with van der Waals surface area (Å²) in [5.74, 6) is 2.54. The highest BCUT2D eigenvalue weighted by Crippen LogP contribution is 2.40. The molecule has 108 valence electrons. The van der Waals surface area contributed by atoms with Gasteiger partial charge < -0.3 is 0 Å². The van der Waals surface area contributed by atoms with Crippen LogP contribution in [0.1, 0.15) is 63.0 Å². The average Bonchev–Trinajstić information content (AvgIpc) is 2.49. The van der Waals surface area contributed by atoms with Crippen molar-refractivity contribution in [2.45, 2.75) is 58.3 Å². The van der Waals surface area contributed by atoms with E-state index >= 15 is 0 Å². The molecule has 0 spiro atoms. The molecule has 0 amide bonds. The standard InChI is InChI=1S/C19H26O/c1-13-10-11-16(12-14(13)2)19(20)18-9-5-7-15-6-3-4-8-17(15)18/h3-4,6,8,13-14,16,18H,5,7,9-12H2,1-2H3. The number of fused-ring (bicyclic) bond motifs is 1. The van der Waals surface area contributed by atoms with Crippen molar-refractivity contribution in [1.29, 1.82) is 0 Å². The van der Waals surface area contributed by atoms with Crippen LogP contribution in [-0.2, 0) is 11.2 Å². The molecule has 0 aliphatic heterocycles. The number of hydrogen-bond donors (Lipinski definition) is 0. The van der Waals surface area contributed by atoms with Gasteiger partial charge in [0.15, 0.2) is 0 Å².